The number of aromatic nitrogens is 1. The monoisotopic (exact) mass is 278 g/mol. The molecule has 1 aromatic rings. The summed E-state index contributed by atoms with van der Waals surface area (Å²) in [4.78, 5) is 17.5. The number of aromatic carboxylic acids is 1. The first-order valence-corrected chi connectivity index (χ1v) is 6.83. The number of aryl methyl sites for hydroxylation is 1. The van der Waals surface area contributed by atoms with Gasteiger partial charge in [-0.2, -0.15) is 0 Å². The van der Waals surface area contributed by atoms with Crippen LogP contribution in [0.1, 0.15) is 28.9 Å². The third-order valence-electron chi connectivity index (χ3n) is 3.96. The molecule has 6 nitrogen and oxygen atoms in total. The third kappa shape index (κ3) is 2.36. The molecule has 3 heterocycles. The van der Waals surface area contributed by atoms with Crippen molar-refractivity contribution in [1.29, 1.82) is 0 Å². The molecule has 0 aromatic carbocycles. The van der Waals surface area contributed by atoms with Crippen molar-refractivity contribution in [1.82, 2.24) is 4.98 Å². The minimum atomic E-state index is -0.938. The van der Waals surface area contributed by atoms with Gasteiger partial charge < -0.3 is 19.5 Å². The van der Waals surface area contributed by atoms with Gasteiger partial charge in [-0.25, -0.2) is 9.78 Å². The molecule has 2 aliphatic rings. The number of hydrogen-bond donors (Lipinski definition) is 1. The highest BCUT2D eigenvalue weighted by atomic mass is 16.7. The second-order valence-corrected chi connectivity index (χ2v) is 5.20. The van der Waals surface area contributed by atoms with Crippen molar-refractivity contribution in [2.75, 3.05) is 31.2 Å². The summed E-state index contributed by atoms with van der Waals surface area (Å²) in [7, 11) is 0. The van der Waals surface area contributed by atoms with Gasteiger partial charge in [0, 0.05) is 25.9 Å². The predicted octanol–water partition coefficient (Wildman–Crippen LogP) is 1.43. The summed E-state index contributed by atoms with van der Waals surface area (Å²) in [6, 6.07) is 3.39. The summed E-state index contributed by atoms with van der Waals surface area (Å²) < 4.78 is 11.4. The van der Waals surface area contributed by atoms with E-state index in [9.17, 15) is 4.79 Å². The molecule has 1 N–H and O–H groups in total. The molecule has 2 fully saturated rings. The van der Waals surface area contributed by atoms with Gasteiger partial charge in [0.05, 0.1) is 24.5 Å². The summed E-state index contributed by atoms with van der Waals surface area (Å²) >= 11 is 0. The molecule has 108 valence electrons. The van der Waals surface area contributed by atoms with Crippen LogP contribution in [0.4, 0.5) is 5.82 Å². The van der Waals surface area contributed by atoms with Gasteiger partial charge >= 0.3 is 5.97 Å². The van der Waals surface area contributed by atoms with Gasteiger partial charge in [-0.3, -0.25) is 0 Å². The number of ether oxygens (including phenoxy) is 2. The molecule has 0 amide bonds. The molecule has 0 aliphatic carbocycles. The average Bonchev–Trinajstić information content (AvgIpc) is 2.87. The summed E-state index contributed by atoms with van der Waals surface area (Å²) in [6.07, 6.45) is 1.63. The Hall–Kier alpha value is -1.66. The van der Waals surface area contributed by atoms with E-state index < -0.39 is 11.8 Å². The number of carboxylic acid groups (broad SMARTS) is 1. The minimum Gasteiger partial charge on any atom is -0.478 e. The lowest BCUT2D eigenvalue weighted by Gasteiger charge is -2.38. The number of hydrogen-bond acceptors (Lipinski definition) is 5. The molecule has 0 unspecified atom stereocenters. The van der Waals surface area contributed by atoms with Crippen LogP contribution in [0, 0.1) is 6.92 Å². The van der Waals surface area contributed by atoms with Gasteiger partial charge in [-0.15, -0.1) is 0 Å². The van der Waals surface area contributed by atoms with Gasteiger partial charge in [0.2, 0.25) is 0 Å². The van der Waals surface area contributed by atoms with E-state index in [1.54, 1.807) is 19.1 Å². The van der Waals surface area contributed by atoms with E-state index >= 15 is 0 Å². The maximum absolute atomic E-state index is 11.0. The lowest BCUT2D eigenvalue weighted by atomic mass is 10.0. The minimum absolute atomic E-state index is 0.254. The first-order valence-electron chi connectivity index (χ1n) is 6.83. The number of piperidine rings is 1. The Morgan fingerprint density at radius 2 is 1.95 bits per heavy atom. The zero-order valence-corrected chi connectivity index (χ0v) is 11.5. The van der Waals surface area contributed by atoms with Crippen LogP contribution in [-0.2, 0) is 9.47 Å². The van der Waals surface area contributed by atoms with E-state index in [2.05, 4.69) is 9.88 Å². The molecule has 1 spiro atoms. The number of carbonyl (C=O) groups is 1. The van der Waals surface area contributed by atoms with Crippen molar-refractivity contribution in [3.8, 4) is 0 Å². The lowest BCUT2D eigenvalue weighted by Crippen LogP contribution is -2.45. The molecule has 2 aliphatic heterocycles. The Kier molecular flexibility index (Phi) is 3.35. The highest BCUT2D eigenvalue weighted by Crippen LogP contribution is 2.32. The van der Waals surface area contributed by atoms with E-state index in [1.807, 2.05) is 0 Å². The van der Waals surface area contributed by atoms with Crippen LogP contribution in [0.15, 0.2) is 12.1 Å². The first kappa shape index (κ1) is 13.3. The van der Waals surface area contributed by atoms with Gasteiger partial charge in [0.15, 0.2) is 5.79 Å². The van der Waals surface area contributed by atoms with E-state index in [1.165, 1.54) is 0 Å². The fraction of sp³-hybridized carbons (Fsp3) is 0.571. The molecule has 0 radical (unpaired) electrons. The van der Waals surface area contributed by atoms with E-state index in [0.717, 1.165) is 31.7 Å². The van der Waals surface area contributed by atoms with Crippen LogP contribution in [-0.4, -0.2) is 48.2 Å². The topological polar surface area (TPSA) is 71.9 Å². The molecular weight excluding hydrogens is 260 g/mol. The van der Waals surface area contributed by atoms with Gasteiger partial charge in [-0.1, -0.05) is 0 Å². The molecule has 20 heavy (non-hydrogen) atoms. The van der Waals surface area contributed by atoms with Crippen molar-refractivity contribution < 1.29 is 19.4 Å². The van der Waals surface area contributed by atoms with Crippen LogP contribution in [0.25, 0.3) is 0 Å². The maximum Gasteiger partial charge on any atom is 0.337 e. The van der Waals surface area contributed by atoms with E-state index in [4.69, 9.17) is 14.6 Å². The largest absolute Gasteiger partial charge is 0.478 e. The Balaban J connectivity index is 1.72. The third-order valence-corrected chi connectivity index (χ3v) is 3.96. The maximum atomic E-state index is 11.0. The molecule has 0 atom stereocenters. The van der Waals surface area contributed by atoms with Crippen LogP contribution >= 0.6 is 0 Å². The number of pyridine rings is 1. The number of carboxylic acids is 1. The van der Waals surface area contributed by atoms with Crippen molar-refractivity contribution in [3.63, 3.8) is 0 Å². The van der Waals surface area contributed by atoms with Crippen LogP contribution in [0.3, 0.4) is 0 Å². The van der Waals surface area contributed by atoms with E-state index in [-0.39, 0.29) is 5.56 Å². The molecular formula is C14H18N2O4. The zero-order valence-electron chi connectivity index (χ0n) is 11.5. The molecule has 1 aromatic heterocycles. The second kappa shape index (κ2) is 5.03. The Morgan fingerprint density at radius 3 is 2.50 bits per heavy atom. The Labute approximate surface area is 117 Å². The normalized spacial score (nSPS) is 21.4. The summed E-state index contributed by atoms with van der Waals surface area (Å²) in [5, 5.41) is 9.02. The number of nitrogens with zero attached hydrogens (tertiary/aromatic N) is 2. The van der Waals surface area contributed by atoms with Crippen LogP contribution < -0.4 is 4.90 Å². The van der Waals surface area contributed by atoms with Crippen molar-refractivity contribution in [2.45, 2.75) is 25.6 Å². The van der Waals surface area contributed by atoms with Crippen molar-refractivity contribution in [2.24, 2.45) is 0 Å². The second-order valence-electron chi connectivity index (χ2n) is 5.20. The fourth-order valence-electron chi connectivity index (χ4n) is 2.81. The highest BCUT2D eigenvalue weighted by Gasteiger charge is 2.40. The van der Waals surface area contributed by atoms with Crippen molar-refractivity contribution in [3.05, 3.63) is 23.4 Å². The molecule has 0 saturated carbocycles. The molecule has 6 heteroatoms. The van der Waals surface area contributed by atoms with Crippen molar-refractivity contribution >= 4 is 11.8 Å². The lowest BCUT2D eigenvalue weighted by molar-refractivity contribution is -0.169. The first-order chi connectivity index (χ1) is 9.60. The van der Waals surface area contributed by atoms with Gasteiger partial charge in [0.25, 0.3) is 0 Å². The van der Waals surface area contributed by atoms with Gasteiger partial charge in [0.1, 0.15) is 5.82 Å². The van der Waals surface area contributed by atoms with E-state index in [0.29, 0.717) is 18.9 Å². The SMILES string of the molecule is Cc1nc(N2CCC3(CC2)OCCO3)ccc1C(=O)O. The molecule has 3 rings (SSSR count). The van der Waals surface area contributed by atoms with Crippen LogP contribution in [0.5, 0.6) is 0 Å². The molecule has 0 bridgehead atoms. The molecule has 2 saturated heterocycles. The number of anilines is 1. The Morgan fingerprint density at radius 1 is 1.30 bits per heavy atom. The summed E-state index contributed by atoms with van der Waals surface area (Å²) in [6.45, 7) is 4.68. The highest BCUT2D eigenvalue weighted by molar-refractivity contribution is 5.89. The summed E-state index contributed by atoms with van der Waals surface area (Å²) in [5.74, 6) is -0.515. The Bertz CT molecular complexity index is 516. The quantitative estimate of drug-likeness (QED) is 0.882. The zero-order chi connectivity index (χ0) is 14.2. The van der Waals surface area contributed by atoms with Crippen LogP contribution in [0.2, 0.25) is 0 Å². The predicted molar refractivity (Wildman–Crippen MR) is 72.0 cm³/mol. The standard InChI is InChI=1S/C14H18N2O4/c1-10-11(13(17)18)2-3-12(15-10)16-6-4-14(5-7-16)19-8-9-20-14/h2-3H,4-9H2,1H3,(H,17,18). The van der Waals surface area contributed by atoms with Gasteiger partial charge in [-0.05, 0) is 19.1 Å². The number of rotatable bonds is 2. The average molecular weight is 278 g/mol. The summed E-state index contributed by atoms with van der Waals surface area (Å²) in [5.41, 5.74) is 0.799. The smallest absolute Gasteiger partial charge is 0.337 e. The fourth-order valence-corrected chi connectivity index (χ4v) is 2.81.